The molecule has 0 radical (unpaired) electrons. The van der Waals surface area contributed by atoms with Crippen LogP contribution in [0.1, 0.15) is 17.3 Å². The van der Waals surface area contributed by atoms with Gasteiger partial charge >= 0.3 is 0 Å². The third kappa shape index (κ3) is 2.96. The second-order valence-corrected chi connectivity index (χ2v) is 4.13. The Hall–Kier alpha value is -1.07. The highest BCUT2D eigenvalue weighted by molar-refractivity contribution is 9.10. The molecule has 0 saturated heterocycles. The Morgan fingerprint density at radius 1 is 1.50 bits per heavy atom. The molecule has 0 heterocycles. The molecule has 0 aliphatic rings. The van der Waals surface area contributed by atoms with Crippen LogP contribution in [0.25, 0.3) is 0 Å². The number of aromatic hydroxyl groups is 1. The number of nitrogens with zero attached hydrogens (tertiary/aromatic N) is 1. The van der Waals surface area contributed by atoms with Crippen LogP contribution in [0.3, 0.4) is 0 Å². The van der Waals surface area contributed by atoms with Crippen molar-refractivity contribution < 1.29 is 15.0 Å². The van der Waals surface area contributed by atoms with Crippen molar-refractivity contribution in [3.05, 3.63) is 28.2 Å². The van der Waals surface area contributed by atoms with Crippen LogP contribution in [-0.2, 0) is 0 Å². The summed E-state index contributed by atoms with van der Waals surface area (Å²) in [7, 11) is 0. The van der Waals surface area contributed by atoms with Gasteiger partial charge in [-0.1, -0.05) is 0 Å². The zero-order chi connectivity index (χ0) is 12.1. The summed E-state index contributed by atoms with van der Waals surface area (Å²) in [5.74, 6) is -0.162. The molecule has 0 bridgehead atoms. The van der Waals surface area contributed by atoms with Crippen molar-refractivity contribution in [3.63, 3.8) is 0 Å². The Labute approximate surface area is 103 Å². The van der Waals surface area contributed by atoms with Crippen molar-refractivity contribution in [3.8, 4) is 5.75 Å². The number of rotatable bonds is 4. The average Bonchev–Trinajstić information content (AvgIpc) is 2.28. The first-order chi connectivity index (χ1) is 7.60. The molecule has 1 rings (SSSR count). The molecule has 1 aromatic rings. The maximum atomic E-state index is 11.9. The molecule has 16 heavy (non-hydrogen) atoms. The van der Waals surface area contributed by atoms with Crippen molar-refractivity contribution >= 4 is 21.8 Å². The molecule has 1 amide bonds. The van der Waals surface area contributed by atoms with E-state index in [2.05, 4.69) is 15.9 Å². The first-order valence-corrected chi connectivity index (χ1v) is 5.78. The topological polar surface area (TPSA) is 60.8 Å². The third-order valence-electron chi connectivity index (χ3n) is 2.23. The summed E-state index contributed by atoms with van der Waals surface area (Å²) in [6, 6.07) is 4.66. The lowest BCUT2D eigenvalue weighted by Gasteiger charge is -2.19. The molecule has 0 aliphatic heterocycles. The van der Waals surface area contributed by atoms with Gasteiger partial charge in [0.2, 0.25) is 0 Å². The first kappa shape index (κ1) is 13.0. The predicted molar refractivity (Wildman–Crippen MR) is 64.5 cm³/mol. The number of carbonyl (C=O) groups excluding carboxylic acids is 1. The minimum Gasteiger partial charge on any atom is -0.507 e. The van der Waals surface area contributed by atoms with Crippen molar-refractivity contribution in [2.24, 2.45) is 0 Å². The molecule has 0 atom stereocenters. The van der Waals surface area contributed by atoms with E-state index in [1.807, 2.05) is 6.92 Å². The van der Waals surface area contributed by atoms with Crippen molar-refractivity contribution in [2.45, 2.75) is 6.92 Å². The van der Waals surface area contributed by atoms with Gasteiger partial charge in [0.25, 0.3) is 5.91 Å². The minimum absolute atomic E-state index is 0.0332. The lowest BCUT2D eigenvalue weighted by molar-refractivity contribution is 0.0731. The van der Waals surface area contributed by atoms with E-state index in [9.17, 15) is 9.90 Å². The zero-order valence-electron chi connectivity index (χ0n) is 8.98. The summed E-state index contributed by atoms with van der Waals surface area (Å²) in [5, 5.41) is 18.3. The van der Waals surface area contributed by atoms with Gasteiger partial charge in [-0.05, 0) is 41.1 Å². The van der Waals surface area contributed by atoms with Crippen LogP contribution >= 0.6 is 15.9 Å². The summed E-state index contributed by atoms with van der Waals surface area (Å²) in [5.41, 5.74) is 0.413. The standard InChI is InChI=1S/C11H14BrNO3/c1-2-13(5-6-14)11(16)8-3-4-9(12)10(15)7-8/h3-4,7,14-15H,2,5-6H2,1H3. The molecule has 0 fully saturated rings. The quantitative estimate of drug-likeness (QED) is 0.885. The smallest absolute Gasteiger partial charge is 0.254 e. The average molecular weight is 288 g/mol. The van der Waals surface area contributed by atoms with Crippen LogP contribution in [0.5, 0.6) is 5.75 Å². The molecule has 0 saturated carbocycles. The van der Waals surface area contributed by atoms with Crippen molar-refractivity contribution in [2.75, 3.05) is 19.7 Å². The van der Waals surface area contributed by atoms with Crippen LogP contribution in [0.15, 0.2) is 22.7 Å². The molecule has 2 N–H and O–H groups in total. The third-order valence-corrected chi connectivity index (χ3v) is 2.90. The molecular weight excluding hydrogens is 274 g/mol. The monoisotopic (exact) mass is 287 g/mol. The number of aliphatic hydroxyl groups is 1. The van der Waals surface area contributed by atoms with Crippen molar-refractivity contribution in [1.82, 2.24) is 4.90 Å². The molecule has 0 spiro atoms. The molecular formula is C11H14BrNO3. The van der Waals surface area contributed by atoms with Gasteiger partial charge in [0, 0.05) is 18.7 Å². The summed E-state index contributed by atoms with van der Waals surface area (Å²) in [6.07, 6.45) is 0. The van der Waals surface area contributed by atoms with E-state index < -0.39 is 0 Å². The summed E-state index contributed by atoms with van der Waals surface area (Å²) in [6.45, 7) is 2.59. The van der Waals surface area contributed by atoms with Gasteiger partial charge in [-0.25, -0.2) is 0 Å². The number of phenols is 1. The lowest BCUT2D eigenvalue weighted by Crippen LogP contribution is -2.33. The van der Waals surface area contributed by atoms with E-state index in [0.29, 0.717) is 23.1 Å². The fraction of sp³-hybridized carbons (Fsp3) is 0.364. The highest BCUT2D eigenvalue weighted by Gasteiger charge is 2.14. The van der Waals surface area contributed by atoms with Gasteiger partial charge in [0.15, 0.2) is 0 Å². The van der Waals surface area contributed by atoms with Gasteiger partial charge in [-0.3, -0.25) is 4.79 Å². The second kappa shape index (κ2) is 5.86. The summed E-state index contributed by atoms with van der Waals surface area (Å²) < 4.78 is 0.550. The summed E-state index contributed by atoms with van der Waals surface area (Å²) >= 11 is 3.15. The lowest BCUT2D eigenvalue weighted by atomic mass is 10.2. The molecule has 0 aromatic heterocycles. The highest BCUT2D eigenvalue weighted by Crippen LogP contribution is 2.24. The minimum atomic E-state index is -0.195. The Kier molecular flexibility index (Phi) is 4.76. The SMILES string of the molecule is CCN(CCO)C(=O)c1ccc(Br)c(O)c1. The number of hydrogen-bond donors (Lipinski definition) is 2. The van der Waals surface area contributed by atoms with E-state index >= 15 is 0 Å². The molecule has 0 aliphatic carbocycles. The Morgan fingerprint density at radius 3 is 2.69 bits per heavy atom. The maximum absolute atomic E-state index is 11.9. The molecule has 4 nitrogen and oxygen atoms in total. The van der Waals surface area contributed by atoms with Crippen LogP contribution in [-0.4, -0.2) is 40.7 Å². The zero-order valence-corrected chi connectivity index (χ0v) is 10.6. The number of amides is 1. The second-order valence-electron chi connectivity index (χ2n) is 3.27. The number of hydrogen-bond acceptors (Lipinski definition) is 3. The van der Waals surface area contributed by atoms with E-state index in [0.717, 1.165) is 0 Å². The highest BCUT2D eigenvalue weighted by atomic mass is 79.9. The van der Waals surface area contributed by atoms with Crippen LogP contribution in [0, 0.1) is 0 Å². The van der Waals surface area contributed by atoms with E-state index in [1.54, 1.807) is 12.1 Å². The molecule has 88 valence electrons. The van der Waals surface area contributed by atoms with Crippen LogP contribution < -0.4 is 0 Å². The number of halogens is 1. The number of likely N-dealkylation sites (N-methyl/N-ethyl adjacent to an activating group) is 1. The van der Waals surface area contributed by atoms with Gasteiger partial charge < -0.3 is 15.1 Å². The fourth-order valence-electron chi connectivity index (χ4n) is 1.35. The largest absolute Gasteiger partial charge is 0.507 e. The van der Waals surface area contributed by atoms with Crippen molar-refractivity contribution in [1.29, 1.82) is 0 Å². The Bertz CT molecular complexity index is 381. The number of carbonyl (C=O) groups is 1. The first-order valence-electron chi connectivity index (χ1n) is 4.98. The van der Waals surface area contributed by atoms with E-state index in [4.69, 9.17) is 5.11 Å². The van der Waals surface area contributed by atoms with Gasteiger partial charge in [-0.2, -0.15) is 0 Å². The molecule has 1 aromatic carbocycles. The summed E-state index contributed by atoms with van der Waals surface area (Å²) in [4.78, 5) is 13.4. The molecule has 5 heteroatoms. The number of benzene rings is 1. The normalized spacial score (nSPS) is 10.2. The number of aliphatic hydroxyl groups excluding tert-OH is 1. The van der Waals surface area contributed by atoms with Crippen LogP contribution in [0.4, 0.5) is 0 Å². The predicted octanol–water partition coefficient (Wildman–Crippen LogP) is 1.61. The van der Waals surface area contributed by atoms with E-state index in [-0.39, 0.29) is 18.3 Å². The number of phenolic OH excluding ortho intramolecular Hbond substituents is 1. The fourth-order valence-corrected chi connectivity index (χ4v) is 1.60. The van der Waals surface area contributed by atoms with E-state index in [1.165, 1.54) is 11.0 Å². The Balaban J connectivity index is 2.90. The van der Waals surface area contributed by atoms with Crippen LogP contribution in [0.2, 0.25) is 0 Å². The maximum Gasteiger partial charge on any atom is 0.254 e. The molecule has 0 unspecified atom stereocenters. The van der Waals surface area contributed by atoms with Gasteiger partial charge in [0.1, 0.15) is 5.75 Å². The Morgan fingerprint density at radius 2 is 2.19 bits per heavy atom. The van der Waals surface area contributed by atoms with Gasteiger partial charge in [0.05, 0.1) is 11.1 Å². The van der Waals surface area contributed by atoms with Gasteiger partial charge in [-0.15, -0.1) is 0 Å².